The Balaban J connectivity index is 1.53. The maximum atomic E-state index is 12.4. The summed E-state index contributed by atoms with van der Waals surface area (Å²) in [4.78, 5) is 31.9. The van der Waals surface area contributed by atoms with E-state index in [1.54, 1.807) is 23.2 Å². The van der Waals surface area contributed by atoms with Gasteiger partial charge in [-0.2, -0.15) is 0 Å². The SMILES string of the molecule is CCOC(=O)C=CC(=O)N1CCC(c2nc(-c3ccc(Cl)cc3)c(-c3ccc(C)cc3)s2)CC1. The molecular formula is C27H27ClN2O3S. The monoisotopic (exact) mass is 494 g/mol. The first-order valence-electron chi connectivity index (χ1n) is 11.4. The zero-order valence-corrected chi connectivity index (χ0v) is 20.9. The van der Waals surface area contributed by atoms with Gasteiger partial charge in [0.25, 0.3) is 0 Å². The second kappa shape index (κ2) is 11.0. The molecule has 2 heterocycles. The highest BCUT2D eigenvalue weighted by Crippen LogP contribution is 2.41. The Labute approximate surface area is 209 Å². The van der Waals surface area contributed by atoms with Crippen molar-refractivity contribution in [1.29, 1.82) is 0 Å². The molecule has 0 bridgehead atoms. The molecule has 176 valence electrons. The van der Waals surface area contributed by atoms with E-state index in [9.17, 15) is 9.59 Å². The van der Waals surface area contributed by atoms with Gasteiger partial charge in [0.15, 0.2) is 0 Å². The van der Waals surface area contributed by atoms with Crippen LogP contribution in [0.1, 0.15) is 36.3 Å². The summed E-state index contributed by atoms with van der Waals surface area (Å²) < 4.78 is 4.84. The fourth-order valence-electron chi connectivity index (χ4n) is 4.00. The van der Waals surface area contributed by atoms with Gasteiger partial charge in [0.2, 0.25) is 5.91 Å². The molecule has 0 atom stereocenters. The van der Waals surface area contributed by atoms with E-state index in [4.69, 9.17) is 21.3 Å². The average Bonchev–Trinajstić information content (AvgIpc) is 3.29. The van der Waals surface area contributed by atoms with Crippen molar-refractivity contribution in [2.24, 2.45) is 0 Å². The number of thiazole rings is 1. The molecule has 1 aliphatic rings. The van der Waals surface area contributed by atoms with Crippen LogP contribution in [0.4, 0.5) is 0 Å². The molecule has 2 aromatic carbocycles. The van der Waals surface area contributed by atoms with Gasteiger partial charge in [-0.25, -0.2) is 9.78 Å². The summed E-state index contributed by atoms with van der Waals surface area (Å²) in [6.07, 6.45) is 4.17. The number of carbonyl (C=O) groups is 2. The second-order valence-corrected chi connectivity index (χ2v) is 9.75. The molecule has 0 N–H and O–H groups in total. The number of nitrogens with zero attached hydrogens (tertiary/aromatic N) is 2. The van der Waals surface area contributed by atoms with Crippen molar-refractivity contribution in [3.05, 3.63) is 76.3 Å². The highest BCUT2D eigenvalue weighted by Gasteiger charge is 2.27. The smallest absolute Gasteiger partial charge is 0.330 e. The molecule has 7 heteroatoms. The van der Waals surface area contributed by atoms with Crippen molar-refractivity contribution in [3.8, 4) is 21.7 Å². The quantitative estimate of drug-likeness (QED) is 0.299. The number of piperidine rings is 1. The molecule has 1 amide bonds. The minimum Gasteiger partial charge on any atom is -0.463 e. The van der Waals surface area contributed by atoms with E-state index < -0.39 is 5.97 Å². The van der Waals surface area contributed by atoms with Crippen molar-refractivity contribution in [2.75, 3.05) is 19.7 Å². The maximum absolute atomic E-state index is 12.4. The van der Waals surface area contributed by atoms with Gasteiger partial charge in [-0.05, 0) is 44.4 Å². The number of carbonyl (C=O) groups excluding carboxylic acids is 2. The normalized spacial score (nSPS) is 14.5. The first kappa shape index (κ1) is 24.2. The Morgan fingerprint density at radius 1 is 1.06 bits per heavy atom. The highest BCUT2D eigenvalue weighted by molar-refractivity contribution is 7.15. The van der Waals surface area contributed by atoms with Gasteiger partial charge in [0.05, 0.1) is 22.2 Å². The van der Waals surface area contributed by atoms with E-state index >= 15 is 0 Å². The Morgan fingerprint density at radius 3 is 2.35 bits per heavy atom. The van der Waals surface area contributed by atoms with Crippen LogP contribution in [-0.2, 0) is 14.3 Å². The van der Waals surface area contributed by atoms with Gasteiger partial charge in [-0.3, -0.25) is 4.79 Å². The van der Waals surface area contributed by atoms with Gasteiger partial charge in [-0.15, -0.1) is 11.3 Å². The Bertz CT molecular complexity index is 1110. The van der Waals surface area contributed by atoms with Gasteiger partial charge in [0.1, 0.15) is 0 Å². The summed E-state index contributed by atoms with van der Waals surface area (Å²) in [5.41, 5.74) is 4.38. The third kappa shape index (κ3) is 5.75. The second-order valence-electron chi connectivity index (χ2n) is 8.29. The third-order valence-electron chi connectivity index (χ3n) is 5.88. The number of hydrogen-bond donors (Lipinski definition) is 0. The van der Waals surface area contributed by atoms with E-state index in [2.05, 4.69) is 31.2 Å². The number of aryl methyl sites for hydroxylation is 1. The van der Waals surface area contributed by atoms with E-state index in [-0.39, 0.29) is 11.8 Å². The zero-order valence-electron chi connectivity index (χ0n) is 19.3. The van der Waals surface area contributed by atoms with E-state index in [1.807, 2.05) is 24.3 Å². The number of benzene rings is 2. The lowest BCUT2D eigenvalue weighted by molar-refractivity contribution is -0.137. The molecule has 0 unspecified atom stereocenters. The first-order valence-corrected chi connectivity index (χ1v) is 12.6. The van der Waals surface area contributed by atoms with Gasteiger partial charge < -0.3 is 9.64 Å². The average molecular weight is 495 g/mol. The predicted molar refractivity (Wildman–Crippen MR) is 137 cm³/mol. The predicted octanol–water partition coefficient (Wildman–Crippen LogP) is 6.26. The van der Waals surface area contributed by atoms with Crippen LogP contribution in [-0.4, -0.2) is 41.5 Å². The number of ether oxygens (including phenoxy) is 1. The molecule has 3 aromatic rings. The van der Waals surface area contributed by atoms with Gasteiger partial charge in [0, 0.05) is 41.7 Å². The van der Waals surface area contributed by atoms with Crippen LogP contribution in [0.25, 0.3) is 21.7 Å². The number of likely N-dealkylation sites (tertiary alicyclic amines) is 1. The summed E-state index contributed by atoms with van der Waals surface area (Å²) in [5.74, 6) is -0.368. The molecule has 0 radical (unpaired) electrons. The molecule has 1 aromatic heterocycles. The number of aromatic nitrogens is 1. The van der Waals surface area contributed by atoms with Crippen molar-refractivity contribution < 1.29 is 14.3 Å². The number of halogens is 1. The van der Waals surface area contributed by atoms with Crippen LogP contribution in [0.3, 0.4) is 0 Å². The molecule has 0 aliphatic carbocycles. The van der Waals surface area contributed by atoms with Crippen LogP contribution in [0.2, 0.25) is 5.02 Å². The number of amides is 1. The Hall–Kier alpha value is -2.96. The Kier molecular flexibility index (Phi) is 7.80. The van der Waals surface area contributed by atoms with Crippen molar-refractivity contribution in [2.45, 2.75) is 32.6 Å². The molecule has 1 aliphatic heterocycles. The van der Waals surface area contributed by atoms with Crippen LogP contribution >= 0.6 is 22.9 Å². The van der Waals surface area contributed by atoms with Crippen molar-refractivity contribution >= 4 is 34.8 Å². The van der Waals surface area contributed by atoms with Crippen LogP contribution < -0.4 is 0 Å². The summed E-state index contributed by atoms with van der Waals surface area (Å²) in [5, 5.41) is 1.79. The van der Waals surface area contributed by atoms with Crippen LogP contribution in [0.5, 0.6) is 0 Å². The van der Waals surface area contributed by atoms with Crippen molar-refractivity contribution in [1.82, 2.24) is 9.88 Å². The summed E-state index contributed by atoms with van der Waals surface area (Å²) in [7, 11) is 0. The third-order valence-corrected chi connectivity index (χ3v) is 7.40. The van der Waals surface area contributed by atoms with E-state index in [1.165, 1.54) is 17.7 Å². The van der Waals surface area contributed by atoms with Gasteiger partial charge in [-0.1, -0.05) is 53.6 Å². The standard InChI is InChI=1S/C27H27ClN2O3S/c1-3-33-24(32)13-12-23(31)30-16-14-21(15-17-30)27-29-25(19-8-10-22(28)11-9-19)26(34-27)20-6-4-18(2)5-7-20/h4-13,21H,3,14-17H2,1-2H3. The van der Waals surface area contributed by atoms with Crippen molar-refractivity contribution in [3.63, 3.8) is 0 Å². The fraction of sp³-hybridized carbons (Fsp3) is 0.296. The summed E-state index contributed by atoms with van der Waals surface area (Å²) in [6.45, 7) is 5.37. The minimum atomic E-state index is -0.494. The lowest BCUT2D eigenvalue weighted by Crippen LogP contribution is -2.37. The lowest BCUT2D eigenvalue weighted by atomic mass is 9.97. The molecule has 34 heavy (non-hydrogen) atoms. The van der Waals surface area contributed by atoms with Crippen LogP contribution in [0, 0.1) is 6.92 Å². The maximum Gasteiger partial charge on any atom is 0.330 e. The molecule has 4 rings (SSSR count). The number of esters is 1. The first-order chi connectivity index (χ1) is 16.4. The largest absolute Gasteiger partial charge is 0.463 e. The number of rotatable bonds is 6. The summed E-state index contributed by atoms with van der Waals surface area (Å²) >= 11 is 7.85. The lowest BCUT2D eigenvalue weighted by Gasteiger charge is -2.30. The topological polar surface area (TPSA) is 59.5 Å². The van der Waals surface area contributed by atoms with Crippen LogP contribution in [0.15, 0.2) is 60.7 Å². The molecule has 0 spiro atoms. The van der Waals surface area contributed by atoms with E-state index in [0.717, 1.165) is 39.5 Å². The molecule has 0 saturated carbocycles. The van der Waals surface area contributed by atoms with E-state index in [0.29, 0.717) is 24.7 Å². The zero-order chi connectivity index (χ0) is 24.1. The Morgan fingerprint density at radius 2 is 1.71 bits per heavy atom. The number of hydrogen-bond acceptors (Lipinski definition) is 5. The highest BCUT2D eigenvalue weighted by atomic mass is 35.5. The molecular weight excluding hydrogens is 468 g/mol. The fourth-order valence-corrected chi connectivity index (χ4v) is 5.39. The minimum absolute atomic E-state index is 0.159. The summed E-state index contributed by atoms with van der Waals surface area (Å²) in [6, 6.07) is 16.3. The molecule has 1 saturated heterocycles. The molecule has 5 nitrogen and oxygen atoms in total. The van der Waals surface area contributed by atoms with Gasteiger partial charge >= 0.3 is 5.97 Å². The molecule has 1 fully saturated rings.